The van der Waals surface area contributed by atoms with E-state index in [0.29, 0.717) is 30.2 Å². The van der Waals surface area contributed by atoms with Gasteiger partial charge in [0.2, 0.25) is 0 Å². The molecule has 0 aliphatic carbocycles. The van der Waals surface area contributed by atoms with Crippen molar-refractivity contribution in [2.24, 2.45) is 5.73 Å². The van der Waals surface area contributed by atoms with Gasteiger partial charge in [0.1, 0.15) is 11.6 Å². The molecule has 1 aromatic carbocycles. The predicted octanol–water partition coefficient (Wildman–Crippen LogP) is 2.31. The number of nitrogens with two attached hydrogens (primary N) is 1. The maximum absolute atomic E-state index is 13.0. The summed E-state index contributed by atoms with van der Waals surface area (Å²) in [5.74, 6) is 0.585. The minimum absolute atomic E-state index is 0.00519. The molecule has 0 saturated heterocycles. The normalized spacial score (nSPS) is 12.1. The fourth-order valence-electron chi connectivity index (χ4n) is 2.06. The lowest BCUT2D eigenvalue weighted by atomic mass is 10.2. The quantitative estimate of drug-likeness (QED) is 0.474. The summed E-state index contributed by atoms with van der Waals surface area (Å²) >= 11 is -1.54. The van der Waals surface area contributed by atoms with Crippen molar-refractivity contribution in [2.45, 2.75) is 17.4 Å². The van der Waals surface area contributed by atoms with Gasteiger partial charge in [0, 0.05) is 5.56 Å². The number of pyridine rings is 1. The van der Waals surface area contributed by atoms with Crippen molar-refractivity contribution < 1.29 is 18.1 Å². The first-order valence-corrected chi connectivity index (χ1v) is 9.23. The van der Waals surface area contributed by atoms with Crippen LogP contribution in [0.15, 0.2) is 52.2 Å². The van der Waals surface area contributed by atoms with Crippen LogP contribution in [-0.4, -0.2) is 32.9 Å². The van der Waals surface area contributed by atoms with Crippen molar-refractivity contribution in [1.29, 1.82) is 0 Å². The Morgan fingerprint density at radius 2 is 1.96 bits per heavy atom. The first-order chi connectivity index (χ1) is 12.7. The molecule has 3 aromatic rings. The van der Waals surface area contributed by atoms with Gasteiger partial charge in [0.25, 0.3) is 5.89 Å². The molecule has 2 heterocycles. The third-order valence-electron chi connectivity index (χ3n) is 3.39. The standard InChI is InChI=1S/C17H17FN4O3S/c18-13-4-2-12(3-5-13)16-21-22-17(25-16)26(23)11-14-6-7-15(10-20-14)24-9-1-8-19/h2-7,10H,1,8-9,11,19H2. The number of halogens is 1. The van der Waals surface area contributed by atoms with E-state index in [1.165, 1.54) is 24.3 Å². The van der Waals surface area contributed by atoms with Crippen LogP contribution in [0, 0.1) is 5.82 Å². The summed E-state index contributed by atoms with van der Waals surface area (Å²) in [6, 6.07) is 9.09. The molecule has 136 valence electrons. The molecule has 2 N–H and O–H groups in total. The van der Waals surface area contributed by atoms with Crippen LogP contribution in [0.4, 0.5) is 4.39 Å². The van der Waals surface area contributed by atoms with E-state index in [0.717, 1.165) is 6.42 Å². The largest absolute Gasteiger partial charge is 0.607 e. The summed E-state index contributed by atoms with van der Waals surface area (Å²) in [5, 5.41) is 7.65. The number of aromatic nitrogens is 3. The van der Waals surface area contributed by atoms with Crippen LogP contribution < -0.4 is 10.5 Å². The van der Waals surface area contributed by atoms with Crippen LogP contribution in [0.3, 0.4) is 0 Å². The zero-order chi connectivity index (χ0) is 18.4. The summed E-state index contributed by atoms with van der Waals surface area (Å²) in [4.78, 5) is 4.22. The average molecular weight is 376 g/mol. The number of benzene rings is 1. The van der Waals surface area contributed by atoms with E-state index in [9.17, 15) is 8.94 Å². The summed E-state index contributed by atoms with van der Waals surface area (Å²) in [6.45, 7) is 1.09. The molecule has 3 rings (SSSR count). The number of rotatable bonds is 8. The maximum atomic E-state index is 13.0. The third kappa shape index (κ3) is 4.78. The molecule has 9 heteroatoms. The molecule has 0 bridgehead atoms. The van der Waals surface area contributed by atoms with Crippen LogP contribution in [0.25, 0.3) is 11.5 Å². The smallest absolute Gasteiger partial charge is 0.436 e. The van der Waals surface area contributed by atoms with E-state index >= 15 is 0 Å². The van der Waals surface area contributed by atoms with Gasteiger partial charge >= 0.3 is 5.22 Å². The molecule has 0 amide bonds. The lowest BCUT2D eigenvalue weighted by Crippen LogP contribution is -2.08. The van der Waals surface area contributed by atoms with Crippen molar-refractivity contribution in [3.8, 4) is 17.2 Å². The van der Waals surface area contributed by atoms with Gasteiger partial charge in [-0.15, -0.1) is 5.10 Å². The molecule has 2 aromatic heterocycles. The summed E-state index contributed by atoms with van der Waals surface area (Å²) in [7, 11) is 0. The zero-order valence-electron chi connectivity index (χ0n) is 13.8. The molecule has 1 atom stereocenters. The Morgan fingerprint density at radius 3 is 2.65 bits per heavy atom. The first kappa shape index (κ1) is 18.3. The number of ether oxygens (including phenoxy) is 1. The topological polar surface area (TPSA) is 110 Å². The lowest BCUT2D eigenvalue weighted by Gasteiger charge is -2.07. The Bertz CT molecular complexity index is 827. The van der Waals surface area contributed by atoms with Crippen LogP contribution in [0.2, 0.25) is 0 Å². The average Bonchev–Trinajstić information content (AvgIpc) is 3.14. The molecule has 0 aliphatic heterocycles. The minimum Gasteiger partial charge on any atom is -0.607 e. The Balaban J connectivity index is 1.61. The molecule has 26 heavy (non-hydrogen) atoms. The SMILES string of the molecule is NCCCOc1ccc(C[S+]([O-])c2nnc(-c3ccc(F)cc3)o2)nc1. The monoisotopic (exact) mass is 376 g/mol. The van der Waals surface area contributed by atoms with Gasteiger partial charge in [0.15, 0.2) is 5.75 Å². The molecule has 0 radical (unpaired) electrons. The van der Waals surface area contributed by atoms with Gasteiger partial charge in [-0.3, -0.25) is 4.98 Å². The van der Waals surface area contributed by atoms with Crippen molar-refractivity contribution in [3.05, 3.63) is 54.1 Å². The third-order valence-corrected chi connectivity index (χ3v) is 4.50. The highest BCUT2D eigenvalue weighted by molar-refractivity contribution is 7.90. The van der Waals surface area contributed by atoms with Crippen LogP contribution >= 0.6 is 0 Å². The molecule has 0 fully saturated rings. The van der Waals surface area contributed by atoms with E-state index < -0.39 is 11.2 Å². The van der Waals surface area contributed by atoms with Crippen LogP contribution in [-0.2, 0) is 16.9 Å². The van der Waals surface area contributed by atoms with Gasteiger partial charge in [-0.25, -0.2) is 4.39 Å². The van der Waals surface area contributed by atoms with E-state index in [2.05, 4.69) is 15.2 Å². The highest BCUT2D eigenvalue weighted by Gasteiger charge is 2.22. The second-order valence-electron chi connectivity index (χ2n) is 5.35. The minimum atomic E-state index is -1.54. The van der Waals surface area contributed by atoms with Gasteiger partial charge in [-0.1, -0.05) is 5.10 Å². The van der Waals surface area contributed by atoms with Crippen molar-refractivity contribution in [2.75, 3.05) is 13.2 Å². The summed E-state index contributed by atoms with van der Waals surface area (Å²) in [6.07, 6.45) is 2.33. The van der Waals surface area contributed by atoms with Gasteiger partial charge in [0.05, 0.1) is 29.7 Å². The van der Waals surface area contributed by atoms with E-state index in [4.69, 9.17) is 14.9 Å². The summed E-state index contributed by atoms with van der Waals surface area (Å²) < 4.78 is 36.2. The molecule has 0 spiro atoms. The van der Waals surface area contributed by atoms with E-state index in [-0.39, 0.29) is 22.7 Å². The van der Waals surface area contributed by atoms with Gasteiger partial charge < -0.3 is 19.4 Å². The molecular weight excluding hydrogens is 359 g/mol. The number of hydrogen-bond donors (Lipinski definition) is 1. The molecule has 0 saturated carbocycles. The number of hydrogen-bond acceptors (Lipinski definition) is 7. The molecule has 7 nitrogen and oxygen atoms in total. The highest BCUT2D eigenvalue weighted by Crippen LogP contribution is 2.22. The Hall–Kier alpha value is -2.49. The fraction of sp³-hybridized carbons (Fsp3) is 0.235. The molecule has 1 unspecified atom stereocenters. The maximum Gasteiger partial charge on any atom is 0.436 e. The number of nitrogens with zero attached hydrogens (tertiary/aromatic N) is 3. The van der Waals surface area contributed by atoms with Gasteiger partial charge in [-0.05, 0) is 49.4 Å². The van der Waals surface area contributed by atoms with Crippen molar-refractivity contribution in [3.63, 3.8) is 0 Å². The fourth-order valence-corrected chi connectivity index (χ4v) is 2.93. The zero-order valence-corrected chi connectivity index (χ0v) is 14.6. The molecule has 0 aliphatic rings. The Kier molecular flexibility index (Phi) is 6.16. The van der Waals surface area contributed by atoms with E-state index in [1.54, 1.807) is 18.3 Å². The Morgan fingerprint density at radius 1 is 1.15 bits per heavy atom. The highest BCUT2D eigenvalue weighted by atomic mass is 32.2. The van der Waals surface area contributed by atoms with Gasteiger partial charge in [-0.2, -0.15) is 0 Å². The lowest BCUT2D eigenvalue weighted by molar-refractivity contribution is 0.312. The second-order valence-corrected chi connectivity index (χ2v) is 6.67. The first-order valence-electron chi connectivity index (χ1n) is 7.91. The second kappa shape index (κ2) is 8.75. The van der Waals surface area contributed by atoms with E-state index in [1.807, 2.05) is 0 Å². The van der Waals surface area contributed by atoms with Crippen molar-refractivity contribution >= 4 is 11.2 Å². The summed E-state index contributed by atoms with van der Waals surface area (Å²) in [5.41, 5.74) is 6.57. The van der Waals surface area contributed by atoms with Crippen LogP contribution in [0.1, 0.15) is 12.1 Å². The molecular formula is C17H17FN4O3S. The van der Waals surface area contributed by atoms with Crippen molar-refractivity contribution in [1.82, 2.24) is 15.2 Å². The Labute approximate surface area is 152 Å². The predicted molar refractivity (Wildman–Crippen MR) is 93.2 cm³/mol. The van der Waals surface area contributed by atoms with Crippen LogP contribution in [0.5, 0.6) is 5.75 Å².